The van der Waals surface area contributed by atoms with Gasteiger partial charge in [-0.25, -0.2) is 0 Å². The van der Waals surface area contributed by atoms with Crippen molar-refractivity contribution in [2.24, 2.45) is 0 Å². The summed E-state index contributed by atoms with van der Waals surface area (Å²) in [6.45, 7) is 4.54. The van der Waals surface area contributed by atoms with Gasteiger partial charge >= 0.3 is 0 Å². The van der Waals surface area contributed by atoms with Crippen molar-refractivity contribution in [3.8, 4) is 0 Å². The van der Waals surface area contributed by atoms with E-state index in [9.17, 15) is 0 Å². The smallest absolute Gasteiger partial charge is 0.0227 e. The van der Waals surface area contributed by atoms with E-state index >= 15 is 0 Å². The van der Waals surface area contributed by atoms with Crippen molar-refractivity contribution < 1.29 is 0 Å². The van der Waals surface area contributed by atoms with Gasteiger partial charge in [0.05, 0.1) is 0 Å². The Labute approximate surface area is 75.8 Å². The molecule has 0 heterocycles. The zero-order chi connectivity index (χ0) is 8.81. The fraction of sp³-hybridized carbons (Fsp3) is 0.636. The highest BCUT2D eigenvalue weighted by atomic mass is 15.1. The van der Waals surface area contributed by atoms with Gasteiger partial charge in [-0.15, -0.1) is 0 Å². The highest BCUT2D eigenvalue weighted by Gasteiger charge is 2.00. The maximum absolute atomic E-state index is 2.38. The van der Waals surface area contributed by atoms with Crippen LogP contribution < -0.4 is 0 Å². The molecule has 0 bridgehead atoms. The number of likely N-dealkylation sites (N-methyl/N-ethyl adjacent to an activating group) is 1. The first-order chi connectivity index (χ1) is 5.83. The summed E-state index contributed by atoms with van der Waals surface area (Å²) in [4.78, 5) is 2.38. The maximum atomic E-state index is 2.38. The molecule has 1 aliphatic rings. The highest BCUT2D eigenvalue weighted by Crippen LogP contribution is 2.10. The van der Waals surface area contributed by atoms with Crippen molar-refractivity contribution in [3.63, 3.8) is 0 Å². The molecule has 0 amide bonds. The van der Waals surface area contributed by atoms with E-state index in [1.54, 1.807) is 0 Å². The third kappa shape index (κ3) is 3.22. The molecule has 0 saturated carbocycles. The van der Waals surface area contributed by atoms with Crippen LogP contribution in [0.5, 0.6) is 0 Å². The minimum absolute atomic E-state index is 1.12. The Morgan fingerprint density at radius 1 is 1.42 bits per heavy atom. The van der Waals surface area contributed by atoms with E-state index in [-0.39, 0.29) is 0 Å². The van der Waals surface area contributed by atoms with Gasteiger partial charge in [-0.1, -0.05) is 25.2 Å². The van der Waals surface area contributed by atoms with E-state index in [1.165, 1.54) is 31.4 Å². The molecule has 68 valence electrons. The summed E-state index contributed by atoms with van der Waals surface area (Å²) < 4.78 is 0. The van der Waals surface area contributed by atoms with Crippen LogP contribution in [0.3, 0.4) is 0 Å². The molecular weight excluding hydrogens is 146 g/mol. The zero-order valence-corrected chi connectivity index (χ0v) is 8.21. The third-order valence-electron chi connectivity index (χ3n) is 2.13. The van der Waals surface area contributed by atoms with Crippen molar-refractivity contribution in [2.45, 2.75) is 26.2 Å². The van der Waals surface area contributed by atoms with Gasteiger partial charge in [0.25, 0.3) is 0 Å². The lowest BCUT2D eigenvalue weighted by atomic mass is 10.1. The Balaban J connectivity index is 2.29. The summed E-state index contributed by atoms with van der Waals surface area (Å²) >= 11 is 0. The summed E-state index contributed by atoms with van der Waals surface area (Å²) in [6.07, 6.45) is 10.6. The van der Waals surface area contributed by atoms with Crippen LogP contribution in [-0.2, 0) is 0 Å². The lowest BCUT2D eigenvalue weighted by Gasteiger charge is -2.17. The molecule has 1 heteroatoms. The fourth-order valence-electron chi connectivity index (χ4n) is 1.56. The molecule has 0 aliphatic heterocycles. The van der Waals surface area contributed by atoms with Crippen molar-refractivity contribution in [1.29, 1.82) is 0 Å². The van der Waals surface area contributed by atoms with Crippen molar-refractivity contribution >= 4 is 0 Å². The van der Waals surface area contributed by atoms with Crippen LogP contribution in [0.1, 0.15) is 26.2 Å². The number of nitrogens with zero attached hydrogens (tertiary/aromatic N) is 1. The Kier molecular flexibility index (Phi) is 4.09. The second-order valence-electron chi connectivity index (χ2n) is 3.50. The molecule has 0 aromatic heterocycles. The molecule has 0 saturated heterocycles. The molecule has 1 rings (SSSR count). The Bertz CT molecular complexity index is 179. The first-order valence-electron chi connectivity index (χ1n) is 4.87. The van der Waals surface area contributed by atoms with Crippen LogP contribution in [0.2, 0.25) is 0 Å². The predicted molar refractivity (Wildman–Crippen MR) is 54.2 cm³/mol. The lowest BCUT2D eigenvalue weighted by molar-refractivity contribution is 0.364. The molecule has 12 heavy (non-hydrogen) atoms. The molecule has 0 atom stereocenters. The Hall–Kier alpha value is -0.560. The largest absolute Gasteiger partial charge is 0.302 e. The molecule has 0 radical (unpaired) electrons. The number of rotatable bonds is 4. The van der Waals surface area contributed by atoms with Gasteiger partial charge in [-0.05, 0) is 38.4 Å². The average molecular weight is 165 g/mol. The molecular formula is C11H19N. The van der Waals surface area contributed by atoms with Crippen molar-refractivity contribution in [3.05, 3.63) is 23.8 Å². The second-order valence-corrected chi connectivity index (χ2v) is 3.50. The summed E-state index contributed by atoms with van der Waals surface area (Å²) in [5, 5.41) is 0. The van der Waals surface area contributed by atoms with E-state index in [0.29, 0.717) is 0 Å². The minimum Gasteiger partial charge on any atom is -0.302 e. The molecule has 0 unspecified atom stereocenters. The maximum Gasteiger partial charge on any atom is 0.0227 e. The molecule has 0 aromatic rings. The summed E-state index contributed by atoms with van der Waals surface area (Å²) in [5.74, 6) is 0. The number of hydrogen-bond donors (Lipinski definition) is 0. The first-order valence-corrected chi connectivity index (χ1v) is 4.87. The molecule has 0 aromatic carbocycles. The number of hydrogen-bond acceptors (Lipinski definition) is 1. The van der Waals surface area contributed by atoms with E-state index in [4.69, 9.17) is 0 Å². The SMILES string of the molecule is CCCN(C)CC1=CCCC=C1. The zero-order valence-electron chi connectivity index (χ0n) is 8.21. The van der Waals surface area contributed by atoms with Crippen LogP contribution >= 0.6 is 0 Å². The molecule has 0 N–H and O–H groups in total. The van der Waals surface area contributed by atoms with Crippen LogP contribution in [0, 0.1) is 0 Å². The van der Waals surface area contributed by atoms with Crippen LogP contribution in [0.4, 0.5) is 0 Å². The minimum atomic E-state index is 1.12. The molecule has 0 spiro atoms. The van der Waals surface area contributed by atoms with Gasteiger partial charge in [-0.2, -0.15) is 0 Å². The molecule has 0 fully saturated rings. The molecule has 1 aliphatic carbocycles. The van der Waals surface area contributed by atoms with Crippen LogP contribution in [0.25, 0.3) is 0 Å². The standard InChI is InChI=1S/C11H19N/c1-3-9-12(2)10-11-7-5-4-6-8-11/h5,7-8H,3-4,6,9-10H2,1-2H3. The highest BCUT2D eigenvalue weighted by molar-refractivity contribution is 5.23. The van der Waals surface area contributed by atoms with Gasteiger partial charge in [0.2, 0.25) is 0 Å². The second kappa shape index (κ2) is 5.15. The van der Waals surface area contributed by atoms with Gasteiger partial charge in [0.15, 0.2) is 0 Å². The Morgan fingerprint density at radius 3 is 2.83 bits per heavy atom. The number of allylic oxidation sites excluding steroid dienone is 2. The van der Waals surface area contributed by atoms with Gasteiger partial charge in [-0.3, -0.25) is 0 Å². The van der Waals surface area contributed by atoms with Crippen LogP contribution in [0.15, 0.2) is 23.8 Å². The predicted octanol–water partition coefficient (Wildman–Crippen LogP) is 2.60. The summed E-state index contributed by atoms with van der Waals surface area (Å²) in [7, 11) is 2.19. The lowest BCUT2D eigenvalue weighted by Crippen LogP contribution is -2.21. The van der Waals surface area contributed by atoms with Crippen LogP contribution in [-0.4, -0.2) is 25.0 Å². The molecule has 1 nitrogen and oxygen atoms in total. The summed E-state index contributed by atoms with van der Waals surface area (Å²) in [5.41, 5.74) is 1.48. The first kappa shape index (κ1) is 9.53. The van der Waals surface area contributed by atoms with Gasteiger partial charge in [0, 0.05) is 6.54 Å². The fourth-order valence-corrected chi connectivity index (χ4v) is 1.56. The Morgan fingerprint density at radius 2 is 2.25 bits per heavy atom. The van der Waals surface area contributed by atoms with E-state index in [0.717, 1.165) is 6.54 Å². The quantitative estimate of drug-likeness (QED) is 0.619. The van der Waals surface area contributed by atoms with E-state index in [2.05, 4.69) is 37.1 Å². The van der Waals surface area contributed by atoms with Gasteiger partial charge in [0.1, 0.15) is 0 Å². The summed E-state index contributed by atoms with van der Waals surface area (Å²) in [6, 6.07) is 0. The van der Waals surface area contributed by atoms with E-state index < -0.39 is 0 Å². The topological polar surface area (TPSA) is 3.24 Å². The van der Waals surface area contributed by atoms with Gasteiger partial charge < -0.3 is 4.90 Å². The average Bonchev–Trinajstić information content (AvgIpc) is 2.06. The normalized spacial score (nSPS) is 16.8. The van der Waals surface area contributed by atoms with E-state index in [1.807, 2.05) is 0 Å². The monoisotopic (exact) mass is 165 g/mol. The van der Waals surface area contributed by atoms with Crippen molar-refractivity contribution in [1.82, 2.24) is 4.90 Å². The van der Waals surface area contributed by atoms with Crippen molar-refractivity contribution in [2.75, 3.05) is 20.1 Å². The third-order valence-corrected chi connectivity index (χ3v) is 2.13.